The summed E-state index contributed by atoms with van der Waals surface area (Å²) in [6, 6.07) is 3.61. The highest BCUT2D eigenvalue weighted by Crippen LogP contribution is 2.55. The van der Waals surface area contributed by atoms with Crippen LogP contribution in [0.4, 0.5) is 0 Å². The zero-order valence-electron chi connectivity index (χ0n) is 21.2. The van der Waals surface area contributed by atoms with Gasteiger partial charge in [0.15, 0.2) is 11.6 Å². The maximum Gasteiger partial charge on any atom is 0.259 e. The van der Waals surface area contributed by atoms with Gasteiger partial charge in [-0.2, -0.15) is 0 Å². The van der Waals surface area contributed by atoms with E-state index in [4.69, 9.17) is 0 Å². The normalized spacial score (nSPS) is 31.9. The van der Waals surface area contributed by atoms with Crippen molar-refractivity contribution in [3.8, 4) is 5.75 Å². The summed E-state index contributed by atoms with van der Waals surface area (Å²) in [5.41, 5.74) is -2.07. The number of nitrogens with one attached hydrogen (secondary N) is 1. The predicted octanol–water partition coefficient (Wildman–Crippen LogP) is 1.35. The van der Waals surface area contributed by atoms with Crippen LogP contribution < -0.4 is 5.32 Å². The van der Waals surface area contributed by atoms with Crippen LogP contribution in [-0.2, 0) is 15.2 Å². The molecular weight excluding hydrogens is 478 g/mol. The van der Waals surface area contributed by atoms with Gasteiger partial charge >= 0.3 is 0 Å². The topological polar surface area (TPSA) is 151 Å². The molecule has 10 nitrogen and oxygen atoms in total. The zero-order valence-corrected chi connectivity index (χ0v) is 21.2. The molecule has 10 heteroatoms. The molecule has 5 atom stereocenters. The van der Waals surface area contributed by atoms with E-state index in [2.05, 4.69) is 5.32 Å². The van der Waals surface area contributed by atoms with Gasteiger partial charge in [-0.25, -0.2) is 0 Å². The predicted molar refractivity (Wildman–Crippen MR) is 133 cm³/mol. The third-order valence-electron chi connectivity index (χ3n) is 8.51. The highest BCUT2D eigenvalue weighted by molar-refractivity contribution is 6.22. The monoisotopic (exact) mass is 511 g/mol. The Balaban J connectivity index is 1.59. The van der Waals surface area contributed by atoms with Crippen LogP contribution in [0, 0.1) is 17.8 Å². The number of ketones is 2. The van der Waals surface area contributed by atoms with Crippen LogP contribution in [0.25, 0.3) is 0 Å². The first-order valence-electron chi connectivity index (χ1n) is 12.6. The number of carbonyl (C=O) groups excluding carboxylic acids is 3. The number of carbonyl (C=O) groups is 3. The number of Topliss-reactive ketones (excluding diaryl/α,β-unsaturated/α-hetero) is 2. The Kier molecular flexibility index (Phi) is 6.17. The average molecular weight is 512 g/mol. The summed E-state index contributed by atoms with van der Waals surface area (Å²) in [5.74, 6) is -6.23. The van der Waals surface area contributed by atoms with Crippen molar-refractivity contribution in [3.05, 3.63) is 52.0 Å². The molecule has 1 aromatic carbocycles. The number of phenols is 1. The van der Waals surface area contributed by atoms with Crippen molar-refractivity contribution in [2.24, 2.45) is 17.8 Å². The van der Waals surface area contributed by atoms with E-state index >= 15 is 0 Å². The Morgan fingerprint density at radius 2 is 1.81 bits per heavy atom. The van der Waals surface area contributed by atoms with Crippen molar-refractivity contribution in [3.63, 3.8) is 0 Å². The third kappa shape index (κ3) is 3.77. The molecular formula is C27H33N3O7. The molecule has 37 heavy (non-hydrogen) atoms. The van der Waals surface area contributed by atoms with Crippen molar-refractivity contribution < 1.29 is 34.8 Å². The van der Waals surface area contributed by atoms with Gasteiger partial charge in [0.2, 0.25) is 0 Å². The number of aromatic hydroxyl groups is 1. The van der Waals surface area contributed by atoms with Gasteiger partial charge in [-0.3, -0.25) is 24.2 Å². The van der Waals surface area contributed by atoms with E-state index < -0.39 is 58.2 Å². The maximum atomic E-state index is 13.7. The molecule has 0 saturated carbocycles. The van der Waals surface area contributed by atoms with Gasteiger partial charge in [0, 0.05) is 11.5 Å². The van der Waals surface area contributed by atoms with Crippen LogP contribution in [-0.4, -0.2) is 87.6 Å². The number of hydrogen-bond acceptors (Lipinski definition) is 9. The molecule has 1 saturated heterocycles. The van der Waals surface area contributed by atoms with Crippen LogP contribution in [0.5, 0.6) is 5.75 Å². The van der Waals surface area contributed by atoms with Crippen molar-refractivity contribution >= 4 is 17.5 Å². The number of benzene rings is 1. The van der Waals surface area contributed by atoms with Crippen molar-refractivity contribution in [1.82, 2.24) is 15.1 Å². The minimum atomic E-state index is -1.64. The number of aliphatic hydroxyl groups excluding tert-OH is 2. The lowest BCUT2D eigenvalue weighted by Gasteiger charge is -2.49. The molecule has 1 amide bonds. The summed E-state index contributed by atoms with van der Waals surface area (Å²) < 4.78 is 0. The molecule has 0 bridgehead atoms. The lowest BCUT2D eigenvalue weighted by Crippen LogP contribution is -2.56. The molecule has 1 aromatic rings. The lowest BCUT2D eigenvalue weighted by molar-refractivity contribution is -0.129. The number of allylic oxidation sites excluding steroid dienone is 1. The van der Waals surface area contributed by atoms with Crippen LogP contribution in [0.2, 0.25) is 0 Å². The molecule has 0 spiro atoms. The highest BCUT2D eigenvalue weighted by Gasteiger charge is 2.58. The second-order valence-electron chi connectivity index (χ2n) is 10.9. The minimum Gasteiger partial charge on any atom is -0.511 e. The second-order valence-corrected chi connectivity index (χ2v) is 10.9. The maximum absolute atomic E-state index is 13.7. The number of nitrogens with zero attached hydrogens (tertiary/aromatic N) is 2. The Labute approximate surface area is 214 Å². The van der Waals surface area contributed by atoms with Gasteiger partial charge in [-0.15, -0.1) is 0 Å². The Morgan fingerprint density at radius 1 is 1.14 bits per heavy atom. The second kappa shape index (κ2) is 8.97. The fraction of sp³-hybridized carbons (Fsp3) is 0.519. The van der Waals surface area contributed by atoms with E-state index in [1.807, 2.05) is 4.90 Å². The summed E-state index contributed by atoms with van der Waals surface area (Å²) in [4.78, 5) is 44.1. The van der Waals surface area contributed by atoms with Crippen LogP contribution in [0.15, 0.2) is 40.9 Å². The molecule has 1 heterocycles. The van der Waals surface area contributed by atoms with Gasteiger partial charge < -0.3 is 25.7 Å². The summed E-state index contributed by atoms with van der Waals surface area (Å²) in [7, 11) is 3.39. The van der Waals surface area contributed by atoms with Gasteiger partial charge in [0.05, 0.1) is 29.8 Å². The van der Waals surface area contributed by atoms with Crippen molar-refractivity contribution in [2.75, 3.05) is 33.9 Å². The number of phenolic OH excluding ortho intramolecular Hbond substituents is 1. The molecule has 0 radical (unpaired) electrons. The number of rotatable bonds is 4. The Bertz CT molecular complexity index is 1240. The smallest absolute Gasteiger partial charge is 0.259 e. The van der Waals surface area contributed by atoms with Crippen LogP contribution in [0.1, 0.15) is 42.1 Å². The van der Waals surface area contributed by atoms with E-state index in [0.717, 1.165) is 25.9 Å². The van der Waals surface area contributed by atoms with Crippen molar-refractivity contribution in [2.45, 2.75) is 37.8 Å². The Hall–Kier alpha value is -3.21. The van der Waals surface area contributed by atoms with Gasteiger partial charge in [0.25, 0.3) is 5.91 Å². The number of aliphatic hydroxyl groups is 3. The molecule has 5 rings (SSSR count). The SMILES string of the molecule is CN(C)C1C(O)=C(C(=O)NCN2CCCC2)C(=O)[C@H]2C(O)=C3C(=O)c4c(O)cccc4C(C)(O)C3CC12. The molecule has 1 aliphatic heterocycles. The largest absolute Gasteiger partial charge is 0.511 e. The molecule has 0 aromatic heterocycles. The van der Waals surface area contributed by atoms with Gasteiger partial charge in [-0.1, -0.05) is 12.1 Å². The molecule has 5 N–H and O–H groups in total. The Morgan fingerprint density at radius 3 is 2.46 bits per heavy atom. The quantitative estimate of drug-likeness (QED) is 0.378. The standard InChI is InChI=1S/C27H33N3O7/c1-27(37)14-7-6-8-16(31)18(14)24(34)19-15(27)11-13-17(22(19)32)23(33)20(25(35)21(13)29(2)3)26(36)28-12-30-9-4-5-10-30/h6-8,13,15,17,21,31-32,35,37H,4-5,9-12H2,1-3H3,(H,28,36)/t13?,15?,17-,21?,27?/m1/s1. The summed E-state index contributed by atoms with van der Waals surface area (Å²) >= 11 is 0. The summed E-state index contributed by atoms with van der Waals surface area (Å²) in [6.07, 6.45) is 2.14. The highest BCUT2D eigenvalue weighted by atomic mass is 16.3. The number of amides is 1. The molecule has 4 unspecified atom stereocenters. The molecule has 4 aliphatic rings. The summed E-state index contributed by atoms with van der Waals surface area (Å²) in [6.45, 7) is 3.40. The van der Waals surface area contributed by atoms with Gasteiger partial charge in [-0.05, 0) is 70.9 Å². The average Bonchev–Trinajstić information content (AvgIpc) is 3.34. The van der Waals surface area contributed by atoms with Gasteiger partial charge in [0.1, 0.15) is 22.8 Å². The van der Waals surface area contributed by atoms with E-state index in [9.17, 15) is 34.8 Å². The van der Waals surface area contributed by atoms with Crippen LogP contribution >= 0.6 is 0 Å². The van der Waals surface area contributed by atoms with E-state index in [1.54, 1.807) is 25.1 Å². The minimum absolute atomic E-state index is 0.0964. The van der Waals surface area contributed by atoms with E-state index in [1.165, 1.54) is 19.1 Å². The molecule has 3 aliphatic carbocycles. The number of hydrogen-bond donors (Lipinski definition) is 5. The van der Waals surface area contributed by atoms with Crippen molar-refractivity contribution in [1.29, 1.82) is 0 Å². The van der Waals surface area contributed by atoms with Crippen LogP contribution in [0.3, 0.4) is 0 Å². The van der Waals surface area contributed by atoms with E-state index in [-0.39, 0.29) is 41.3 Å². The number of likely N-dealkylation sites (tertiary alicyclic amines) is 1. The summed E-state index contributed by atoms with van der Waals surface area (Å²) in [5, 5.41) is 47.4. The molecule has 1 fully saturated rings. The number of fused-ring (bicyclic) bond motifs is 3. The first-order valence-corrected chi connectivity index (χ1v) is 12.6. The fourth-order valence-corrected chi connectivity index (χ4v) is 6.71. The van der Waals surface area contributed by atoms with E-state index in [0.29, 0.717) is 0 Å². The fourth-order valence-electron chi connectivity index (χ4n) is 6.71. The zero-order chi connectivity index (χ0) is 26.8. The third-order valence-corrected chi connectivity index (χ3v) is 8.51. The first-order chi connectivity index (χ1) is 17.5. The number of likely N-dealkylation sites (N-methyl/N-ethyl adjacent to an activating group) is 1. The lowest BCUT2D eigenvalue weighted by atomic mass is 9.57. The molecule has 198 valence electrons. The first kappa shape index (κ1) is 25.4.